The molecule has 0 spiro atoms. The molecule has 0 aromatic rings. The number of ether oxygens (including phenoxy) is 11. The van der Waals surface area contributed by atoms with E-state index in [2.05, 4.69) is 26.8 Å². The summed E-state index contributed by atoms with van der Waals surface area (Å²) in [6, 6.07) is 0. The summed E-state index contributed by atoms with van der Waals surface area (Å²) in [6.45, 7) is 10.5. The van der Waals surface area contributed by atoms with Gasteiger partial charge in [0.1, 0.15) is 110 Å². The van der Waals surface area contributed by atoms with Gasteiger partial charge in [-0.25, -0.2) is 0 Å². The zero-order valence-corrected chi connectivity index (χ0v) is 46.9. The number of hydrogen-bond donors (Lipinski definition) is 14. The second kappa shape index (κ2) is 24.8. The Morgan fingerprint density at radius 2 is 1.16 bits per heavy atom. The van der Waals surface area contributed by atoms with Crippen LogP contribution in [0.3, 0.4) is 0 Å². The van der Waals surface area contributed by atoms with Gasteiger partial charge in [0.15, 0.2) is 31.5 Å². The molecular formula is C56H90O25. The molecule has 8 fully saturated rings. The molecule has 6 aliphatic heterocycles. The van der Waals surface area contributed by atoms with Crippen LogP contribution in [0.1, 0.15) is 99.3 Å². The first kappa shape index (κ1) is 62.4. The highest BCUT2D eigenvalue weighted by atomic mass is 16.8. The lowest BCUT2D eigenvalue weighted by molar-refractivity contribution is -0.380. The predicted octanol–water partition coefficient (Wildman–Crippen LogP) is -2.57. The van der Waals surface area contributed by atoms with Gasteiger partial charge in [-0.2, -0.15) is 0 Å². The molecule has 0 aromatic heterocycles. The van der Waals surface area contributed by atoms with Crippen LogP contribution < -0.4 is 0 Å². The number of aliphatic hydroxyl groups excluding tert-OH is 14. The largest absolute Gasteiger partial charge is 0.494 e. The van der Waals surface area contributed by atoms with E-state index in [-0.39, 0.29) is 29.5 Å². The molecule has 6 heterocycles. The van der Waals surface area contributed by atoms with E-state index in [0.717, 1.165) is 50.7 Å². The van der Waals surface area contributed by atoms with Crippen LogP contribution in [0.2, 0.25) is 0 Å². The lowest BCUT2D eigenvalue weighted by atomic mass is 9.47. The Morgan fingerprint density at radius 1 is 0.593 bits per heavy atom. The summed E-state index contributed by atoms with van der Waals surface area (Å²) in [5.74, 6) is 2.66. The zero-order valence-electron chi connectivity index (χ0n) is 46.9. The molecule has 10 rings (SSSR count). The van der Waals surface area contributed by atoms with Gasteiger partial charge in [0.25, 0.3) is 0 Å². The van der Waals surface area contributed by atoms with Crippen molar-refractivity contribution in [2.75, 3.05) is 26.4 Å². The average Bonchev–Trinajstić information content (AvgIpc) is 3.95. The van der Waals surface area contributed by atoms with E-state index in [4.69, 9.17) is 52.1 Å². The maximum Gasteiger partial charge on any atom is 0.187 e. The van der Waals surface area contributed by atoms with E-state index in [1.807, 2.05) is 6.92 Å². The maximum absolute atomic E-state index is 12.2. The Bertz CT molecular complexity index is 2190. The molecule has 33 atom stereocenters. The summed E-state index contributed by atoms with van der Waals surface area (Å²) < 4.78 is 66.4. The molecule has 0 amide bonds. The second-order valence-electron chi connectivity index (χ2n) is 25.6. The van der Waals surface area contributed by atoms with Gasteiger partial charge in [0.05, 0.1) is 50.5 Å². The summed E-state index contributed by atoms with van der Waals surface area (Å²) in [6.07, 6.45) is -25.7. The van der Waals surface area contributed by atoms with Crippen molar-refractivity contribution in [3.05, 3.63) is 23.0 Å². The van der Waals surface area contributed by atoms with E-state index in [1.54, 1.807) is 0 Å². The van der Waals surface area contributed by atoms with Crippen LogP contribution in [0, 0.1) is 40.4 Å². The van der Waals surface area contributed by atoms with Crippen LogP contribution in [-0.4, -0.2) is 258 Å². The van der Waals surface area contributed by atoms with Gasteiger partial charge in [-0.1, -0.05) is 32.4 Å². The normalized spacial score (nSPS) is 53.1. The van der Waals surface area contributed by atoms with Crippen molar-refractivity contribution >= 4 is 0 Å². The molecule has 0 unspecified atom stereocenters. The Balaban J connectivity index is 0.781. The molecule has 464 valence electrons. The summed E-state index contributed by atoms with van der Waals surface area (Å²) in [5, 5.41) is 149. The van der Waals surface area contributed by atoms with Crippen LogP contribution in [0.15, 0.2) is 23.0 Å². The van der Waals surface area contributed by atoms with Crippen molar-refractivity contribution in [2.45, 2.75) is 259 Å². The van der Waals surface area contributed by atoms with Gasteiger partial charge in [-0.3, -0.25) is 0 Å². The summed E-state index contributed by atoms with van der Waals surface area (Å²) in [5.41, 5.74) is 2.49. The topological polar surface area (TPSA) is 385 Å². The van der Waals surface area contributed by atoms with Gasteiger partial charge in [0.2, 0.25) is 0 Å². The number of allylic oxidation sites excluding steroid dienone is 2. The fourth-order valence-corrected chi connectivity index (χ4v) is 15.6. The minimum atomic E-state index is -1.78. The molecule has 14 N–H and O–H groups in total. The van der Waals surface area contributed by atoms with E-state index in [1.165, 1.54) is 25.0 Å². The number of fused-ring (bicyclic) bond motifs is 7. The zero-order chi connectivity index (χ0) is 58.3. The fourth-order valence-electron chi connectivity index (χ4n) is 15.6. The lowest BCUT2D eigenvalue weighted by Gasteiger charge is -2.58. The quantitative estimate of drug-likeness (QED) is 0.0666. The molecule has 0 aromatic carbocycles. The van der Waals surface area contributed by atoms with Gasteiger partial charge in [0, 0.05) is 12.3 Å². The second-order valence-corrected chi connectivity index (χ2v) is 25.6. The minimum Gasteiger partial charge on any atom is -0.494 e. The molecule has 81 heavy (non-hydrogen) atoms. The smallest absolute Gasteiger partial charge is 0.187 e. The highest BCUT2D eigenvalue weighted by Gasteiger charge is 2.64. The molecule has 0 bridgehead atoms. The van der Waals surface area contributed by atoms with Crippen molar-refractivity contribution in [3.63, 3.8) is 0 Å². The highest BCUT2D eigenvalue weighted by Crippen LogP contribution is 2.69. The standard InChI is InChI=1S/C56H90O25/c1-21(19-71-51-45(68)42(65)38(61)32(17-57)77-51)7-10-30-22(2)35-31(76-30)16-29-27-9-8-25-15-26(11-13-55(25,5)28(27)12-14-56(29,35)6)75-54-49(81-52-46(69)41(64)37(60)24(4)74-52)47(70)48(33(18-58)78-54)80-53-43(66)39(62)34(79-53)20-72-50-44(67)40(63)36(59)23(3)73-50/h8,21,23-24,26-29,31-54,57-70H,7,9-20H2,1-6H3/t21-,23+,24+,26+,27-,28+,29+,31+,32-,33-,34+,35+,36+,37+,38-,39+,40-,41-,42+,43-,44-,45-,46-,47+,48-,49-,50-,51-,52+,53+,54-,55+,56+/m1/s1. The Labute approximate surface area is 471 Å². The minimum absolute atomic E-state index is 0.0423. The first-order valence-corrected chi connectivity index (χ1v) is 29.3. The SMILES string of the molecule is CC1=C(CC[C@@H](C)CO[C@@H]2O[C@H](CO)[C@@H](O)[C@H](O)[C@H]2O)O[C@H]2C[C@H]3[C@@H]4CC=C5C[C@@H](O[C@@H]6O[C@H](CO)[C@@H](O[C@@H]7O[C@@H](CO[C@@H]8O[C@@H](C)[C@H](O)[C@@H](O)[C@H]8O)[C@H](O)[C@H]7O)[C@H](O)[C@H]6O[C@@H]6O[C@@H](C)[C@H](O)[C@@H](O)[C@H]6O)CC[C@]5(C)[C@H]4CC[C@]3(C)[C@@H]12. The summed E-state index contributed by atoms with van der Waals surface area (Å²) in [4.78, 5) is 0. The third-order valence-corrected chi connectivity index (χ3v) is 20.6. The van der Waals surface area contributed by atoms with Crippen molar-refractivity contribution in [1.82, 2.24) is 0 Å². The predicted molar refractivity (Wildman–Crippen MR) is 274 cm³/mol. The van der Waals surface area contributed by atoms with E-state index < -0.39 is 173 Å². The lowest BCUT2D eigenvalue weighted by Crippen LogP contribution is -2.65. The molecule has 25 nitrogen and oxygen atoms in total. The van der Waals surface area contributed by atoms with Crippen LogP contribution in [0.25, 0.3) is 0 Å². The van der Waals surface area contributed by atoms with Crippen molar-refractivity contribution < 1.29 is 124 Å². The monoisotopic (exact) mass is 1160 g/mol. The molecule has 3 saturated carbocycles. The van der Waals surface area contributed by atoms with Crippen LogP contribution in [0.5, 0.6) is 0 Å². The van der Waals surface area contributed by atoms with Gasteiger partial charge < -0.3 is 124 Å². The first-order chi connectivity index (χ1) is 38.4. The van der Waals surface area contributed by atoms with Crippen molar-refractivity contribution in [2.24, 2.45) is 40.4 Å². The van der Waals surface area contributed by atoms with Gasteiger partial charge in [-0.15, -0.1) is 0 Å². The van der Waals surface area contributed by atoms with Crippen molar-refractivity contribution in [1.29, 1.82) is 0 Å². The number of rotatable bonds is 17. The molecular weight excluding hydrogens is 1070 g/mol. The highest BCUT2D eigenvalue weighted by molar-refractivity contribution is 5.30. The molecule has 4 aliphatic carbocycles. The molecule has 10 aliphatic rings. The van der Waals surface area contributed by atoms with Crippen LogP contribution in [0.4, 0.5) is 0 Å². The Kier molecular flexibility index (Phi) is 19.1. The fraction of sp³-hybridized carbons (Fsp3) is 0.929. The first-order valence-electron chi connectivity index (χ1n) is 29.3. The third kappa shape index (κ3) is 11.6. The third-order valence-electron chi connectivity index (χ3n) is 20.6. The van der Waals surface area contributed by atoms with E-state index >= 15 is 0 Å². The van der Waals surface area contributed by atoms with E-state index in [9.17, 15) is 71.5 Å². The Morgan fingerprint density at radius 3 is 1.84 bits per heavy atom. The molecule has 0 radical (unpaired) electrons. The van der Waals surface area contributed by atoms with Crippen LogP contribution >= 0.6 is 0 Å². The average molecular weight is 1160 g/mol. The molecule has 25 heteroatoms. The maximum atomic E-state index is 12.2. The summed E-state index contributed by atoms with van der Waals surface area (Å²) >= 11 is 0. The Hall–Kier alpha value is -1.68. The summed E-state index contributed by atoms with van der Waals surface area (Å²) in [7, 11) is 0. The molecule has 5 saturated heterocycles. The van der Waals surface area contributed by atoms with Gasteiger partial charge in [-0.05, 0) is 112 Å². The number of hydrogen-bond acceptors (Lipinski definition) is 25. The van der Waals surface area contributed by atoms with Gasteiger partial charge >= 0.3 is 0 Å². The van der Waals surface area contributed by atoms with Crippen LogP contribution in [-0.2, 0) is 52.1 Å². The number of aliphatic hydroxyl groups is 14. The van der Waals surface area contributed by atoms with E-state index in [0.29, 0.717) is 36.5 Å². The van der Waals surface area contributed by atoms with Crippen molar-refractivity contribution in [3.8, 4) is 0 Å².